The molecule has 0 fully saturated rings. The first-order valence-corrected chi connectivity index (χ1v) is 9.27. The molecule has 0 unspecified atom stereocenters. The van der Waals surface area contributed by atoms with E-state index in [1.54, 1.807) is 12.1 Å². The molecule has 162 valence electrons. The molecule has 31 heavy (non-hydrogen) atoms. The maximum Gasteiger partial charge on any atom is 0.421 e. The highest BCUT2D eigenvalue weighted by atomic mass is 19.4. The number of halogens is 3. The molecule has 0 aliphatic carbocycles. The number of non-ortho nitro benzene ring substituents is 1. The molecule has 0 aliphatic heterocycles. The summed E-state index contributed by atoms with van der Waals surface area (Å²) in [7, 11) is 0. The van der Waals surface area contributed by atoms with E-state index in [1.807, 2.05) is 12.1 Å². The van der Waals surface area contributed by atoms with Gasteiger partial charge in [0.2, 0.25) is 5.95 Å². The molecule has 2 N–H and O–H groups in total. The van der Waals surface area contributed by atoms with Crippen molar-refractivity contribution < 1.29 is 18.1 Å². The molecule has 0 saturated heterocycles. The van der Waals surface area contributed by atoms with Crippen LogP contribution in [0.25, 0.3) is 0 Å². The van der Waals surface area contributed by atoms with Gasteiger partial charge in [-0.3, -0.25) is 10.1 Å². The van der Waals surface area contributed by atoms with Gasteiger partial charge in [-0.1, -0.05) is 32.9 Å². The van der Waals surface area contributed by atoms with Gasteiger partial charge in [0, 0.05) is 29.7 Å². The molecule has 3 aromatic rings. The average molecular weight is 431 g/mol. The van der Waals surface area contributed by atoms with Gasteiger partial charge in [-0.05, 0) is 35.2 Å². The van der Waals surface area contributed by atoms with Crippen molar-refractivity contribution in [3.8, 4) is 0 Å². The summed E-state index contributed by atoms with van der Waals surface area (Å²) < 4.78 is 40.2. The third-order valence-electron chi connectivity index (χ3n) is 4.44. The molecule has 0 atom stereocenters. The lowest BCUT2D eigenvalue weighted by atomic mass is 9.87. The number of hydrogen-bond donors (Lipinski definition) is 2. The average Bonchev–Trinajstić information content (AvgIpc) is 2.67. The van der Waals surface area contributed by atoms with E-state index in [1.165, 1.54) is 24.3 Å². The third kappa shape index (κ3) is 5.47. The van der Waals surface area contributed by atoms with Crippen LogP contribution in [0.2, 0.25) is 0 Å². The fourth-order valence-electron chi connectivity index (χ4n) is 2.73. The number of nitro groups is 1. The van der Waals surface area contributed by atoms with Gasteiger partial charge in [-0.2, -0.15) is 18.2 Å². The Bertz CT molecular complexity index is 1080. The number of aromatic nitrogens is 2. The predicted molar refractivity (Wildman–Crippen MR) is 112 cm³/mol. The van der Waals surface area contributed by atoms with Crippen LogP contribution in [0.4, 0.5) is 42.0 Å². The number of nitrogens with zero attached hydrogens (tertiary/aromatic N) is 3. The molecule has 0 radical (unpaired) electrons. The van der Waals surface area contributed by atoms with Crippen molar-refractivity contribution in [3.05, 3.63) is 76.0 Å². The van der Waals surface area contributed by atoms with Crippen LogP contribution in [0.5, 0.6) is 0 Å². The molecular formula is C21H20F3N5O2. The van der Waals surface area contributed by atoms with Crippen LogP contribution in [0, 0.1) is 10.1 Å². The maximum absolute atomic E-state index is 13.4. The highest BCUT2D eigenvalue weighted by molar-refractivity contribution is 5.64. The summed E-state index contributed by atoms with van der Waals surface area (Å²) in [6, 6.07) is 12.4. The first-order valence-electron chi connectivity index (χ1n) is 9.27. The van der Waals surface area contributed by atoms with E-state index < -0.39 is 22.5 Å². The number of nitro benzene ring substituents is 1. The van der Waals surface area contributed by atoms with Crippen molar-refractivity contribution in [1.82, 2.24) is 9.97 Å². The van der Waals surface area contributed by atoms with Crippen molar-refractivity contribution in [2.24, 2.45) is 0 Å². The minimum atomic E-state index is -4.68. The van der Waals surface area contributed by atoms with Gasteiger partial charge in [-0.25, -0.2) is 4.98 Å². The van der Waals surface area contributed by atoms with E-state index >= 15 is 0 Å². The summed E-state index contributed by atoms with van der Waals surface area (Å²) in [5, 5.41) is 16.2. The van der Waals surface area contributed by atoms with Gasteiger partial charge in [0.05, 0.1) is 4.92 Å². The summed E-state index contributed by atoms with van der Waals surface area (Å²) >= 11 is 0. The topological polar surface area (TPSA) is 93.0 Å². The van der Waals surface area contributed by atoms with Crippen LogP contribution >= 0.6 is 0 Å². The van der Waals surface area contributed by atoms with Crippen LogP contribution in [-0.2, 0) is 11.6 Å². The van der Waals surface area contributed by atoms with E-state index in [2.05, 4.69) is 41.4 Å². The lowest BCUT2D eigenvalue weighted by Crippen LogP contribution is -2.13. The van der Waals surface area contributed by atoms with Gasteiger partial charge in [-0.15, -0.1) is 0 Å². The van der Waals surface area contributed by atoms with Crippen LogP contribution in [0.3, 0.4) is 0 Å². The maximum atomic E-state index is 13.4. The second-order valence-corrected chi connectivity index (χ2v) is 7.83. The Morgan fingerprint density at radius 1 is 0.903 bits per heavy atom. The highest BCUT2D eigenvalue weighted by Gasteiger charge is 2.35. The largest absolute Gasteiger partial charge is 0.421 e. The van der Waals surface area contributed by atoms with Crippen molar-refractivity contribution in [2.45, 2.75) is 32.4 Å². The van der Waals surface area contributed by atoms with E-state index in [9.17, 15) is 23.3 Å². The minimum Gasteiger partial charge on any atom is -0.340 e. The zero-order chi connectivity index (χ0) is 22.8. The number of nitrogens with one attached hydrogen (secondary N) is 2. The van der Waals surface area contributed by atoms with E-state index in [0.29, 0.717) is 11.9 Å². The van der Waals surface area contributed by atoms with Crippen molar-refractivity contribution in [1.29, 1.82) is 0 Å². The van der Waals surface area contributed by atoms with Crippen LogP contribution in [-0.4, -0.2) is 14.9 Å². The van der Waals surface area contributed by atoms with Crippen molar-refractivity contribution in [3.63, 3.8) is 0 Å². The van der Waals surface area contributed by atoms with E-state index in [0.717, 1.165) is 5.56 Å². The minimum absolute atomic E-state index is 0.0269. The summed E-state index contributed by atoms with van der Waals surface area (Å²) in [6.45, 7) is 6.22. The fraction of sp³-hybridized carbons (Fsp3) is 0.238. The summed E-state index contributed by atoms with van der Waals surface area (Å²) in [6.07, 6.45) is -4.00. The fourth-order valence-corrected chi connectivity index (χ4v) is 2.73. The molecule has 10 heteroatoms. The summed E-state index contributed by atoms with van der Waals surface area (Å²) in [5.74, 6) is -0.494. The molecule has 3 rings (SSSR count). The van der Waals surface area contributed by atoms with Crippen LogP contribution < -0.4 is 10.6 Å². The zero-order valence-corrected chi connectivity index (χ0v) is 17.0. The molecule has 0 aliphatic rings. The molecule has 1 heterocycles. The SMILES string of the molecule is CC(C)(C)c1ccc(Nc2ncc(C(F)(F)F)c(Nc3ccc([N+](=O)[O-])cc3)n2)cc1. The van der Waals surface area contributed by atoms with Gasteiger partial charge in [0.1, 0.15) is 11.4 Å². The Labute approximate surface area is 176 Å². The Morgan fingerprint density at radius 3 is 1.97 bits per heavy atom. The van der Waals surface area contributed by atoms with Crippen LogP contribution in [0.15, 0.2) is 54.7 Å². The first kappa shape index (κ1) is 22.0. The lowest BCUT2D eigenvalue weighted by molar-refractivity contribution is -0.384. The Hall–Kier alpha value is -3.69. The standard InChI is InChI=1S/C21H20F3N5O2/c1-20(2,3)13-4-6-15(7-5-13)27-19-25-12-17(21(22,23)24)18(28-19)26-14-8-10-16(11-9-14)29(30)31/h4-12H,1-3H3,(H2,25,26,27,28). The smallest absolute Gasteiger partial charge is 0.340 e. The quantitative estimate of drug-likeness (QED) is 0.370. The van der Waals surface area contributed by atoms with Gasteiger partial charge < -0.3 is 10.6 Å². The second kappa shape index (κ2) is 8.21. The van der Waals surface area contributed by atoms with Crippen molar-refractivity contribution in [2.75, 3.05) is 10.6 Å². The van der Waals surface area contributed by atoms with Crippen LogP contribution in [0.1, 0.15) is 31.9 Å². The van der Waals surface area contributed by atoms with Gasteiger partial charge in [0.15, 0.2) is 0 Å². The van der Waals surface area contributed by atoms with E-state index in [-0.39, 0.29) is 22.7 Å². The highest BCUT2D eigenvalue weighted by Crippen LogP contribution is 2.35. The zero-order valence-electron chi connectivity index (χ0n) is 17.0. The molecule has 7 nitrogen and oxygen atoms in total. The normalized spacial score (nSPS) is 11.8. The number of rotatable bonds is 5. The molecule has 0 amide bonds. The Balaban J connectivity index is 1.89. The molecule has 2 aromatic carbocycles. The van der Waals surface area contributed by atoms with Gasteiger partial charge in [0.25, 0.3) is 5.69 Å². The molecular weight excluding hydrogens is 411 g/mol. The second-order valence-electron chi connectivity index (χ2n) is 7.83. The molecule has 0 saturated carbocycles. The summed E-state index contributed by atoms with van der Waals surface area (Å²) in [5.41, 5.74) is 0.673. The molecule has 1 aromatic heterocycles. The Kier molecular flexibility index (Phi) is 5.83. The predicted octanol–water partition coefficient (Wildman–Crippen LogP) is 6.19. The number of benzene rings is 2. The first-order chi connectivity index (χ1) is 14.4. The van der Waals surface area contributed by atoms with Crippen molar-refractivity contribution >= 4 is 28.8 Å². The summed E-state index contributed by atoms with van der Waals surface area (Å²) in [4.78, 5) is 17.9. The number of anilines is 4. The monoisotopic (exact) mass is 431 g/mol. The number of hydrogen-bond acceptors (Lipinski definition) is 6. The Morgan fingerprint density at radius 2 is 1.45 bits per heavy atom. The molecule has 0 bridgehead atoms. The number of alkyl halides is 3. The lowest BCUT2D eigenvalue weighted by Gasteiger charge is -2.19. The van der Waals surface area contributed by atoms with E-state index in [4.69, 9.17) is 0 Å². The third-order valence-corrected chi connectivity index (χ3v) is 4.44. The van der Waals surface area contributed by atoms with Gasteiger partial charge >= 0.3 is 6.18 Å². The molecule has 0 spiro atoms.